The van der Waals surface area contributed by atoms with E-state index in [4.69, 9.17) is 19.9 Å². The van der Waals surface area contributed by atoms with E-state index in [0.29, 0.717) is 6.61 Å². The summed E-state index contributed by atoms with van der Waals surface area (Å²) in [6.07, 6.45) is 4.25. The first-order valence-corrected chi connectivity index (χ1v) is 7.39. The summed E-state index contributed by atoms with van der Waals surface area (Å²) in [5.41, 5.74) is 7.17. The number of methoxy groups -OCH3 is 1. The van der Waals surface area contributed by atoms with E-state index < -0.39 is 0 Å². The highest BCUT2D eigenvalue weighted by Gasteiger charge is 2.17. The molecule has 0 radical (unpaired) electrons. The van der Waals surface area contributed by atoms with Gasteiger partial charge in [0.05, 0.1) is 13.2 Å². The SMILES string of the molecule is CCC(N)Cc1ccc(OCC2CCCO2)c(OC)c1. The Hall–Kier alpha value is -1.26. The third kappa shape index (κ3) is 4.12. The number of ether oxygens (including phenoxy) is 3. The van der Waals surface area contributed by atoms with Gasteiger partial charge in [-0.15, -0.1) is 0 Å². The first kappa shape index (κ1) is 15.1. The van der Waals surface area contributed by atoms with Gasteiger partial charge in [0.1, 0.15) is 6.61 Å². The molecule has 4 nitrogen and oxygen atoms in total. The van der Waals surface area contributed by atoms with Gasteiger partial charge in [-0.2, -0.15) is 0 Å². The third-order valence-electron chi connectivity index (χ3n) is 3.70. The Morgan fingerprint density at radius 1 is 1.40 bits per heavy atom. The Morgan fingerprint density at radius 3 is 2.90 bits per heavy atom. The van der Waals surface area contributed by atoms with Crippen LogP contribution in [0.25, 0.3) is 0 Å². The highest BCUT2D eigenvalue weighted by atomic mass is 16.5. The Morgan fingerprint density at radius 2 is 2.25 bits per heavy atom. The molecule has 0 amide bonds. The average Bonchev–Trinajstić information content (AvgIpc) is 2.98. The quantitative estimate of drug-likeness (QED) is 0.833. The molecule has 4 heteroatoms. The van der Waals surface area contributed by atoms with Crippen LogP contribution in [0.5, 0.6) is 11.5 Å². The van der Waals surface area contributed by atoms with Crippen molar-refractivity contribution in [2.24, 2.45) is 5.73 Å². The van der Waals surface area contributed by atoms with E-state index in [1.807, 2.05) is 12.1 Å². The van der Waals surface area contributed by atoms with Crippen LogP contribution in [0.4, 0.5) is 0 Å². The molecule has 1 fully saturated rings. The Bertz CT molecular complexity index is 416. The largest absolute Gasteiger partial charge is 0.493 e. The predicted molar refractivity (Wildman–Crippen MR) is 79.4 cm³/mol. The van der Waals surface area contributed by atoms with Crippen LogP contribution in [0.15, 0.2) is 18.2 Å². The molecule has 2 unspecified atom stereocenters. The lowest BCUT2D eigenvalue weighted by atomic mass is 10.0. The van der Waals surface area contributed by atoms with Crippen LogP contribution in [-0.4, -0.2) is 32.5 Å². The predicted octanol–water partition coefficient (Wildman–Crippen LogP) is 2.53. The number of nitrogens with two attached hydrogens (primary N) is 1. The van der Waals surface area contributed by atoms with E-state index in [2.05, 4.69) is 13.0 Å². The highest BCUT2D eigenvalue weighted by molar-refractivity contribution is 5.43. The fourth-order valence-corrected chi connectivity index (χ4v) is 2.36. The topological polar surface area (TPSA) is 53.7 Å². The fraction of sp³-hybridized carbons (Fsp3) is 0.625. The smallest absolute Gasteiger partial charge is 0.161 e. The minimum Gasteiger partial charge on any atom is -0.493 e. The molecule has 0 aliphatic carbocycles. The van der Waals surface area contributed by atoms with Gasteiger partial charge in [0.15, 0.2) is 11.5 Å². The number of benzene rings is 1. The van der Waals surface area contributed by atoms with E-state index in [9.17, 15) is 0 Å². The van der Waals surface area contributed by atoms with Crippen LogP contribution in [0.2, 0.25) is 0 Å². The lowest BCUT2D eigenvalue weighted by Crippen LogP contribution is -2.21. The van der Waals surface area contributed by atoms with Gasteiger partial charge in [-0.1, -0.05) is 13.0 Å². The van der Waals surface area contributed by atoms with Crippen molar-refractivity contribution in [1.82, 2.24) is 0 Å². The summed E-state index contributed by atoms with van der Waals surface area (Å²) in [6.45, 7) is 3.53. The lowest BCUT2D eigenvalue weighted by Gasteiger charge is -2.16. The van der Waals surface area contributed by atoms with Crippen molar-refractivity contribution in [3.05, 3.63) is 23.8 Å². The molecule has 0 saturated carbocycles. The van der Waals surface area contributed by atoms with Gasteiger partial charge in [-0.05, 0) is 43.4 Å². The molecule has 0 aromatic heterocycles. The minimum atomic E-state index is 0.193. The number of hydrogen-bond acceptors (Lipinski definition) is 4. The first-order valence-electron chi connectivity index (χ1n) is 7.39. The molecule has 0 spiro atoms. The Balaban J connectivity index is 1.97. The van der Waals surface area contributed by atoms with Crippen molar-refractivity contribution in [2.75, 3.05) is 20.3 Å². The van der Waals surface area contributed by atoms with Gasteiger partial charge in [-0.3, -0.25) is 0 Å². The summed E-state index contributed by atoms with van der Waals surface area (Å²) >= 11 is 0. The minimum absolute atomic E-state index is 0.193. The zero-order valence-electron chi connectivity index (χ0n) is 12.4. The summed E-state index contributed by atoms with van der Waals surface area (Å²) in [7, 11) is 1.66. The molecule has 112 valence electrons. The van der Waals surface area contributed by atoms with E-state index >= 15 is 0 Å². The monoisotopic (exact) mass is 279 g/mol. The molecule has 2 atom stereocenters. The van der Waals surface area contributed by atoms with Crippen LogP contribution in [-0.2, 0) is 11.2 Å². The number of rotatable bonds is 7. The zero-order chi connectivity index (χ0) is 14.4. The molecule has 0 bridgehead atoms. The molecular weight excluding hydrogens is 254 g/mol. The summed E-state index contributed by atoms with van der Waals surface area (Å²) in [5, 5.41) is 0. The molecule has 1 aromatic carbocycles. The second-order valence-electron chi connectivity index (χ2n) is 5.30. The van der Waals surface area contributed by atoms with Crippen LogP contribution in [0, 0.1) is 0 Å². The maximum atomic E-state index is 5.99. The number of hydrogen-bond donors (Lipinski definition) is 1. The first-order chi connectivity index (χ1) is 9.72. The lowest BCUT2D eigenvalue weighted by molar-refractivity contribution is 0.0669. The molecule has 2 N–H and O–H groups in total. The van der Waals surface area contributed by atoms with Crippen molar-refractivity contribution >= 4 is 0 Å². The summed E-state index contributed by atoms with van der Waals surface area (Å²) in [6, 6.07) is 6.23. The summed E-state index contributed by atoms with van der Waals surface area (Å²) in [5.74, 6) is 1.54. The average molecular weight is 279 g/mol. The Kier molecular flexibility index (Phi) is 5.68. The van der Waals surface area contributed by atoms with Crippen LogP contribution in [0.1, 0.15) is 31.7 Å². The molecule has 1 aromatic rings. The zero-order valence-corrected chi connectivity index (χ0v) is 12.4. The van der Waals surface area contributed by atoms with Crippen molar-refractivity contribution in [2.45, 2.75) is 44.8 Å². The normalized spacial score (nSPS) is 19.9. The molecule has 1 aliphatic heterocycles. The van der Waals surface area contributed by atoms with Gasteiger partial charge in [-0.25, -0.2) is 0 Å². The Labute approximate surface area is 121 Å². The van der Waals surface area contributed by atoms with Crippen molar-refractivity contribution < 1.29 is 14.2 Å². The molecule has 1 heterocycles. The second kappa shape index (κ2) is 7.50. The van der Waals surface area contributed by atoms with Crippen LogP contribution >= 0.6 is 0 Å². The molecule has 1 aliphatic rings. The standard InChI is InChI=1S/C16H25NO3/c1-3-13(17)9-12-6-7-15(16(10-12)18-2)20-11-14-5-4-8-19-14/h6-7,10,13-14H,3-5,8-9,11,17H2,1-2H3. The molecule has 2 rings (SSSR count). The van der Waals surface area contributed by atoms with Crippen LogP contribution < -0.4 is 15.2 Å². The molecule has 20 heavy (non-hydrogen) atoms. The molecule has 1 saturated heterocycles. The maximum absolute atomic E-state index is 5.99. The maximum Gasteiger partial charge on any atom is 0.161 e. The van der Waals surface area contributed by atoms with Crippen molar-refractivity contribution in [3.8, 4) is 11.5 Å². The van der Waals surface area contributed by atoms with E-state index in [-0.39, 0.29) is 12.1 Å². The van der Waals surface area contributed by atoms with Gasteiger partial charge < -0.3 is 19.9 Å². The van der Waals surface area contributed by atoms with E-state index in [1.165, 1.54) is 5.56 Å². The van der Waals surface area contributed by atoms with E-state index in [0.717, 1.165) is 43.8 Å². The summed E-state index contributed by atoms with van der Waals surface area (Å²) in [4.78, 5) is 0. The van der Waals surface area contributed by atoms with Gasteiger partial charge in [0.25, 0.3) is 0 Å². The molecular formula is C16H25NO3. The second-order valence-corrected chi connectivity index (χ2v) is 5.30. The van der Waals surface area contributed by atoms with Crippen molar-refractivity contribution in [1.29, 1.82) is 0 Å². The third-order valence-corrected chi connectivity index (χ3v) is 3.70. The van der Waals surface area contributed by atoms with E-state index in [1.54, 1.807) is 7.11 Å². The highest BCUT2D eigenvalue weighted by Crippen LogP contribution is 2.29. The fourth-order valence-electron chi connectivity index (χ4n) is 2.36. The van der Waals surface area contributed by atoms with Crippen molar-refractivity contribution in [3.63, 3.8) is 0 Å². The van der Waals surface area contributed by atoms with Gasteiger partial charge >= 0.3 is 0 Å². The van der Waals surface area contributed by atoms with Crippen LogP contribution in [0.3, 0.4) is 0 Å². The summed E-state index contributed by atoms with van der Waals surface area (Å²) < 4.78 is 16.8. The van der Waals surface area contributed by atoms with Gasteiger partial charge in [0, 0.05) is 12.6 Å². The van der Waals surface area contributed by atoms with Gasteiger partial charge in [0.2, 0.25) is 0 Å².